The van der Waals surface area contributed by atoms with Gasteiger partial charge < -0.3 is 19.7 Å². The number of esters is 1. The molecule has 39 heavy (non-hydrogen) atoms. The Morgan fingerprint density at radius 1 is 1.23 bits per heavy atom. The van der Waals surface area contributed by atoms with Gasteiger partial charge in [-0.2, -0.15) is 0 Å². The Kier molecular flexibility index (Phi) is 8.72. The highest BCUT2D eigenvalue weighted by Crippen LogP contribution is 2.54. The summed E-state index contributed by atoms with van der Waals surface area (Å²) in [4.78, 5) is 31.4. The second kappa shape index (κ2) is 11.4. The van der Waals surface area contributed by atoms with E-state index in [4.69, 9.17) is 9.47 Å². The van der Waals surface area contributed by atoms with Crippen molar-refractivity contribution in [3.63, 3.8) is 0 Å². The maximum Gasteiger partial charge on any atom is 0.306 e. The third kappa shape index (κ3) is 6.29. The van der Waals surface area contributed by atoms with Gasteiger partial charge in [-0.15, -0.1) is 17.9 Å². The smallest absolute Gasteiger partial charge is 0.306 e. The van der Waals surface area contributed by atoms with Gasteiger partial charge in [0.2, 0.25) is 5.79 Å². The number of epoxide rings is 1. The van der Waals surface area contributed by atoms with Crippen LogP contribution < -0.4 is 0 Å². The van der Waals surface area contributed by atoms with Crippen molar-refractivity contribution in [1.29, 1.82) is 0 Å². The number of aryl methyl sites for hydroxylation is 1. The molecule has 214 valence electrons. The first-order valence-corrected chi connectivity index (χ1v) is 14.9. The molecule has 1 aromatic heterocycles. The van der Waals surface area contributed by atoms with Crippen LogP contribution in [0, 0.1) is 24.2 Å². The van der Waals surface area contributed by atoms with Gasteiger partial charge in [0.1, 0.15) is 11.4 Å². The first-order valence-electron chi connectivity index (χ1n) is 14.1. The van der Waals surface area contributed by atoms with Gasteiger partial charge in [-0.05, 0) is 69.6 Å². The number of Topliss-reactive ketones (excluding diaryl/α,β-unsaturated/α-hetero) is 1. The molecule has 2 saturated heterocycles. The molecule has 1 aromatic carbocycles. The number of ketones is 1. The summed E-state index contributed by atoms with van der Waals surface area (Å²) in [5, 5.41) is 23.8. The molecule has 3 heterocycles. The molecule has 2 aliphatic rings. The number of aliphatic hydroxyl groups excluding tert-OH is 1. The topological polar surface area (TPSA) is 109 Å². The Hall–Kier alpha value is -2.13. The molecule has 6 unspecified atom stereocenters. The van der Waals surface area contributed by atoms with Crippen LogP contribution in [-0.2, 0) is 19.1 Å². The first kappa shape index (κ1) is 29.8. The molecule has 6 atom stereocenters. The molecule has 2 aliphatic heterocycles. The largest absolute Gasteiger partial charge is 0.454 e. The van der Waals surface area contributed by atoms with Gasteiger partial charge in [0, 0.05) is 17.8 Å². The molecule has 0 amide bonds. The summed E-state index contributed by atoms with van der Waals surface area (Å²) >= 11 is 1.55. The van der Waals surface area contributed by atoms with Crippen LogP contribution in [0.3, 0.4) is 0 Å². The highest BCUT2D eigenvalue weighted by molar-refractivity contribution is 7.18. The second-order valence-electron chi connectivity index (χ2n) is 12.4. The molecule has 8 heteroatoms. The number of carbonyl (C=O) groups is 2. The van der Waals surface area contributed by atoms with Crippen LogP contribution in [0.4, 0.5) is 0 Å². The van der Waals surface area contributed by atoms with E-state index in [0.717, 1.165) is 47.3 Å². The molecule has 2 aromatic rings. The van der Waals surface area contributed by atoms with E-state index in [1.807, 2.05) is 32.9 Å². The zero-order valence-corrected chi connectivity index (χ0v) is 24.7. The Balaban J connectivity index is 1.64. The van der Waals surface area contributed by atoms with Crippen molar-refractivity contribution in [2.75, 3.05) is 0 Å². The molecule has 2 N–H and O–H groups in total. The Morgan fingerprint density at radius 3 is 2.69 bits per heavy atom. The van der Waals surface area contributed by atoms with Crippen molar-refractivity contribution in [3.05, 3.63) is 41.4 Å². The highest BCUT2D eigenvalue weighted by atomic mass is 32.1. The van der Waals surface area contributed by atoms with E-state index < -0.39 is 35.0 Å². The van der Waals surface area contributed by atoms with Gasteiger partial charge in [0.25, 0.3) is 0 Å². The number of ether oxygens (including phenoxy) is 2. The van der Waals surface area contributed by atoms with Crippen LogP contribution in [0.5, 0.6) is 0 Å². The molecule has 2 fully saturated rings. The van der Waals surface area contributed by atoms with Gasteiger partial charge in [0.05, 0.1) is 15.2 Å². The van der Waals surface area contributed by atoms with Crippen LogP contribution in [0.15, 0.2) is 30.9 Å². The van der Waals surface area contributed by atoms with Crippen LogP contribution in [0.1, 0.15) is 95.7 Å². The molecule has 0 aliphatic carbocycles. The normalized spacial score (nSPS) is 34.3. The van der Waals surface area contributed by atoms with Crippen molar-refractivity contribution in [2.24, 2.45) is 17.3 Å². The van der Waals surface area contributed by atoms with Gasteiger partial charge in [0.15, 0.2) is 12.2 Å². The zero-order chi connectivity index (χ0) is 28.6. The summed E-state index contributed by atoms with van der Waals surface area (Å²) in [5.41, 5.74) is -0.393. The minimum Gasteiger partial charge on any atom is -0.454 e. The highest BCUT2D eigenvalue weighted by Gasteiger charge is 2.71. The summed E-state index contributed by atoms with van der Waals surface area (Å²) in [6.45, 7) is 13.5. The first-order chi connectivity index (χ1) is 18.3. The van der Waals surface area contributed by atoms with Crippen LogP contribution in [0.25, 0.3) is 10.2 Å². The van der Waals surface area contributed by atoms with E-state index in [0.29, 0.717) is 24.3 Å². The Labute approximate surface area is 235 Å². The second-order valence-corrected chi connectivity index (χ2v) is 13.6. The van der Waals surface area contributed by atoms with E-state index in [9.17, 15) is 19.8 Å². The number of nitrogens with zero attached hydrogens (tertiary/aromatic N) is 1. The van der Waals surface area contributed by atoms with Crippen LogP contribution in [-0.4, -0.2) is 44.4 Å². The average Bonchev–Trinajstić information content (AvgIpc) is 3.23. The van der Waals surface area contributed by atoms with E-state index in [1.165, 1.54) is 0 Å². The molecular weight excluding hydrogens is 514 g/mol. The molecule has 0 saturated carbocycles. The summed E-state index contributed by atoms with van der Waals surface area (Å²) < 4.78 is 12.7. The number of carbonyl (C=O) groups excluding carboxylic acids is 2. The van der Waals surface area contributed by atoms with E-state index in [-0.39, 0.29) is 18.1 Å². The Bertz CT molecular complexity index is 1220. The van der Waals surface area contributed by atoms with Crippen LogP contribution >= 0.6 is 11.3 Å². The number of hydrogen-bond acceptors (Lipinski definition) is 8. The van der Waals surface area contributed by atoms with Crippen LogP contribution in [0.2, 0.25) is 0 Å². The zero-order valence-electron chi connectivity index (χ0n) is 23.9. The lowest BCUT2D eigenvalue weighted by Gasteiger charge is -2.31. The van der Waals surface area contributed by atoms with Crippen molar-refractivity contribution in [3.8, 4) is 0 Å². The standard InChI is InChI=1S/C31H43NO6S/c1-7-8-11-22-17-19(2)10-9-15-30(6)31(36,38-30)28(35)26(37-25(33)14-16-29(4,5)27(22)34)21-12-13-24-23(18-21)32-20(3)39-24/h7,12-13,18-19,22,26,28,35-36H,1,8-11,14-17H2,2-6H3. The lowest BCUT2D eigenvalue weighted by atomic mass is 9.73. The van der Waals surface area contributed by atoms with E-state index >= 15 is 0 Å². The predicted octanol–water partition coefficient (Wildman–Crippen LogP) is 6.20. The van der Waals surface area contributed by atoms with Crippen molar-refractivity contribution in [1.82, 2.24) is 4.98 Å². The number of benzene rings is 1. The fourth-order valence-electron chi connectivity index (χ4n) is 6.04. The minimum atomic E-state index is -1.84. The fourth-order valence-corrected chi connectivity index (χ4v) is 6.84. The molecule has 7 nitrogen and oxygen atoms in total. The van der Waals surface area contributed by atoms with Gasteiger partial charge >= 0.3 is 5.97 Å². The average molecular weight is 558 g/mol. The van der Waals surface area contributed by atoms with Crippen molar-refractivity contribution >= 4 is 33.3 Å². The summed E-state index contributed by atoms with van der Waals surface area (Å²) in [6, 6.07) is 5.47. The maximum atomic E-state index is 13.6. The Morgan fingerprint density at radius 2 is 1.97 bits per heavy atom. The van der Waals surface area contributed by atoms with Gasteiger partial charge in [-0.3, -0.25) is 9.59 Å². The SMILES string of the molecule is C=CCCC1CC(C)CCCC2(C)OC2(O)C(O)C(c2ccc3sc(C)nc3c2)OC(=O)CCC(C)(C)C1=O. The van der Waals surface area contributed by atoms with E-state index in [2.05, 4.69) is 18.5 Å². The lowest BCUT2D eigenvalue weighted by Crippen LogP contribution is -2.42. The lowest BCUT2D eigenvalue weighted by molar-refractivity contribution is -0.171. The van der Waals surface area contributed by atoms with Gasteiger partial charge in [-0.25, -0.2) is 4.98 Å². The van der Waals surface area contributed by atoms with E-state index in [1.54, 1.807) is 30.4 Å². The number of aromatic nitrogens is 1. The summed E-state index contributed by atoms with van der Waals surface area (Å²) in [7, 11) is 0. The molecule has 0 bridgehead atoms. The number of cyclic esters (lactones) is 1. The maximum absolute atomic E-state index is 13.6. The monoisotopic (exact) mass is 557 g/mol. The number of aliphatic hydroxyl groups is 2. The van der Waals surface area contributed by atoms with Gasteiger partial charge in [-0.1, -0.05) is 45.8 Å². The van der Waals surface area contributed by atoms with Crippen molar-refractivity contribution in [2.45, 2.75) is 110 Å². The molecular formula is C31H43NO6S. The minimum absolute atomic E-state index is 0.0142. The fraction of sp³-hybridized carbons (Fsp3) is 0.645. The molecule has 0 spiro atoms. The number of rotatable bonds is 4. The molecule has 0 radical (unpaired) electrons. The number of thiazole rings is 1. The third-order valence-corrected chi connectivity index (χ3v) is 9.59. The predicted molar refractivity (Wildman–Crippen MR) is 152 cm³/mol. The summed E-state index contributed by atoms with van der Waals surface area (Å²) in [6.07, 6.45) is 4.01. The van der Waals surface area contributed by atoms with Crippen molar-refractivity contribution < 1.29 is 29.3 Å². The quantitative estimate of drug-likeness (QED) is 0.262. The summed E-state index contributed by atoms with van der Waals surface area (Å²) in [5.74, 6) is -2.01. The third-order valence-electron chi connectivity index (χ3n) is 8.64. The molecule has 4 rings (SSSR count). The number of fused-ring (bicyclic) bond motifs is 2. The number of hydrogen-bond donors (Lipinski definition) is 2. The number of allylic oxidation sites excluding steroid dienone is 1.